The molecule has 9 heteroatoms. The van der Waals surface area contributed by atoms with Gasteiger partial charge in [-0.2, -0.15) is 0 Å². The first kappa shape index (κ1) is 21.5. The topological polar surface area (TPSA) is 79.0 Å². The molecule has 7 nitrogen and oxygen atoms in total. The average Bonchev–Trinajstić information content (AvgIpc) is 2.69. The summed E-state index contributed by atoms with van der Waals surface area (Å²) in [5, 5.41) is 3.72. The third kappa shape index (κ3) is 5.45. The van der Waals surface area contributed by atoms with Crippen LogP contribution in [0.1, 0.15) is 24.4 Å². The Hall–Kier alpha value is -1.19. The minimum Gasteiger partial charge on any atom is -0.379 e. The molecule has 0 spiro atoms. The largest absolute Gasteiger partial charge is 0.379 e. The zero-order valence-corrected chi connectivity index (χ0v) is 17.7. The van der Waals surface area contributed by atoms with Gasteiger partial charge in [0.15, 0.2) is 0 Å². The summed E-state index contributed by atoms with van der Waals surface area (Å²) < 4.78 is 30.5. The standard InChI is InChI=1S/C19H28ClN3O4S/c1-28(25,26)23-8-4-5-15(14-23)19(24)21-13-18(22-9-11-27-12-10-22)16-6-2-3-7-17(16)20/h2-3,6-7,15,18H,4-5,8-14H2,1H3,(H,21,24). The molecule has 3 rings (SSSR count). The number of benzene rings is 1. The van der Waals surface area contributed by atoms with Crippen molar-refractivity contribution in [3.05, 3.63) is 34.9 Å². The third-order valence-electron chi connectivity index (χ3n) is 5.44. The highest BCUT2D eigenvalue weighted by Gasteiger charge is 2.31. The highest BCUT2D eigenvalue weighted by molar-refractivity contribution is 7.88. The molecule has 2 saturated heterocycles. The maximum absolute atomic E-state index is 12.8. The molecule has 2 aliphatic rings. The second-order valence-corrected chi connectivity index (χ2v) is 9.78. The summed E-state index contributed by atoms with van der Waals surface area (Å²) in [5.74, 6) is -0.418. The Labute approximate surface area is 172 Å². The number of nitrogens with one attached hydrogen (secondary N) is 1. The number of sulfonamides is 1. The Morgan fingerprint density at radius 1 is 1.29 bits per heavy atom. The van der Waals surface area contributed by atoms with Crippen molar-refractivity contribution in [2.45, 2.75) is 18.9 Å². The van der Waals surface area contributed by atoms with Gasteiger partial charge in [0, 0.05) is 37.7 Å². The van der Waals surface area contributed by atoms with Gasteiger partial charge in [-0.05, 0) is 24.5 Å². The van der Waals surface area contributed by atoms with E-state index >= 15 is 0 Å². The molecule has 2 aliphatic heterocycles. The van der Waals surface area contributed by atoms with Gasteiger partial charge >= 0.3 is 0 Å². The summed E-state index contributed by atoms with van der Waals surface area (Å²) in [6.07, 6.45) is 2.59. The van der Waals surface area contributed by atoms with E-state index in [0.717, 1.165) is 18.7 Å². The molecule has 0 bridgehead atoms. The summed E-state index contributed by atoms with van der Waals surface area (Å²) in [7, 11) is -3.28. The molecule has 1 N–H and O–H groups in total. The lowest BCUT2D eigenvalue weighted by Crippen LogP contribution is -2.48. The molecule has 2 unspecified atom stereocenters. The zero-order chi connectivity index (χ0) is 20.1. The number of rotatable bonds is 6. The average molecular weight is 430 g/mol. The fraction of sp³-hybridized carbons (Fsp3) is 0.632. The monoisotopic (exact) mass is 429 g/mol. The van der Waals surface area contributed by atoms with Crippen molar-refractivity contribution in [1.82, 2.24) is 14.5 Å². The number of carbonyl (C=O) groups is 1. The van der Waals surface area contributed by atoms with Crippen LogP contribution in [0.15, 0.2) is 24.3 Å². The van der Waals surface area contributed by atoms with E-state index in [-0.39, 0.29) is 24.4 Å². The Bertz CT molecular complexity index is 783. The number of carbonyl (C=O) groups excluding carboxylic acids is 1. The summed E-state index contributed by atoms with van der Waals surface area (Å²) >= 11 is 6.43. The van der Waals surface area contributed by atoms with Crippen LogP contribution in [0.25, 0.3) is 0 Å². The van der Waals surface area contributed by atoms with Gasteiger partial charge < -0.3 is 10.1 Å². The van der Waals surface area contributed by atoms with E-state index in [4.69, 9.17) is 16.3 Å². The van der Waals surface area contributed by atoms with Crippen LogP contribution < -0.4 is 5.32 Å². The third-order valence-corrected chi connectivity index (χ3v) is 7.06. The van der Waals surface area contributed by atoms with Crippen LogP contribution in [-0.4, -0.2) is 75.7 Å². The Kier molecular flexibility index (Phi) is 7.33. The molecular weight excluding hydrogens is 402 g/mol. The molecule has 2 heterocycles. The minimum absolute atomic E-state index is 0.0452. The molecule has 0 saturated carbocycles. The highest BCUT2D eigenvalue weighted by Crippen LogP contribution is 2.28. The first-order chi connectivity index (χ1) is 13.4. The molecule has 28 heavy (non-hydrogen) atoms. The van der Waals surface area contributed by atoms with Crippen molar-refractivity contribution in [2.75, 3.05) is 52.2 Å². The van der Waals surface area contributed by atoms with Crippen LogP contribution in [0.4, 0.5) is 0 Å². The van der Waals surface area contributed by atoms with E-state index in [1.165, 1.54) is 10.6 Å². The molecule has 1 aromatic rings. The van der Waals surface area contributed by atoms with Crippen LogP contribution in [0.3, 0.4) is 0 Å². The number of ether oxygens (including phenoxy) is 1. The van der Waals surface area contributed by atoms with Crippen LogP contribution in [0, 0.1) is 5.92 Å². The predicted molar refractivity (Wildman–Crippen MR) is 109 cm³/mol. The van der Waals surface area contributed by atoms with Gasteiger partial charge in [-0.15, -0.1) is 0 Å². The maximum Gasteiger partial charge on any atom is 0.224 e. The zero-order valence-electron chi connectivity index (χ0n) is 16.1. The van der Waals surface area contributed by atoms with Crippen LogP contribution in [0.5, 0.6) is 0 Å². The van der Waals surface area contributed by atoms with Crippen LogP contribution in [-0.2, 0) is 19.6 Å². The number of nitrogens with zero attached hydrogens (tertiary/aromatic N) is 2. The number of amides is 1. The van der Waals surface area contributed by atoms with Gasteiger partial charge in [0.05, 0.1) is 31.4 Å². The smallest absolute Gasteiger partial charge is 0.224 e. The van der Waals surface area contributed by atoms with Gasteiger partial charge in [0.2, 0.25) is 15.9 Å². The number of hydrogen-bond donors (Lipinski definition) is 1. The maximum atomic E-state index is 12.8. The van der Waals surface area contributed by atoms with Crippen molar-refractivity contribution in [3.8, 4) is 0 Å². The van der Waals surface area contributed by atoms with Crippen molar-refractivity contribution in [2.24, 2.45) is 5.92 Å². The fourth-order valence-corrected chi connectivity index (χ4v) is 5.04. The predicted octanol–water partition coefficient (Wildman–Crippen LogP) is 1.50. The SMILES string of the molecule is CS(=O)(=O)N1CCCC(C(=O)NCC(c2ccccc2Cl)N2CCOCC2)C1. The van der Waals surface area contributed by atoms with E-state index in [2.05, 4.69) is 10.2 Å². The first-order valence-corrected chi connectivity index (χ1v) is 11.9. The van der Waals surface area contributed by atoms with Gasteiger partial charge in [0.25, 0.3) is 0 Å². The first-order valence-electron chi connectivity index (χ1n) is 9.65. The van der Waals surface area contributed by atoms with Crippen molar-refractivity contribution in [3.63, 3.8) is 0 Å². The van der Waals surface area contributed by atoms with Crippen molar-refractivity contribution in [1.29, 1.82) is 0 Å². The van der Waals surface area contributed by atoms with E-state index in [0.29, 0.717) is 44.2 Å². The molecule has 0 aromatic heterocycles. The summed E-state index contributed by atoms with van der Waals surface area (Å²) in [6, 6.07) is 7.64. The lowest BCUT2D eigenvalue weighted by Gasteiger charge is -2.36. The second-order valence-electron chi connectivity index (χ2n) is 7.39. The summed E-state index contributed by atoms with van der Waals surface area (Å²) in [5.41, 5.74) is 0.979. The van der Waals surface area contributed by atoms with Gasteiger partial charge in [-0.1, -0.05) is 29.8 Å². The normalized spacial score (nSPS) is 23.3. The van der Waals surface area contributed by atoms with Gasteiger partial charge in [-0.25, -0.2) is 12.7 Å². The number of morpholine rings is 1. The van der Waals surface area contributed by atoms with Gasteiger partial charge in [-0.3, -0.25) is 9.69 Å². The lowest BCUT2D eigenvalue weighted by molar-refractivity contribution is -0.126. The lowest BCUT2D eigenvalue weighted by atomic mass is 9.98. The van der Waals surface area contributed by atoms with E-state index < -0.39 is 10.0 Å². The highest BCUT2D eigenvalue weighted by atomic mass is 35.5. The molecule has 0 radical (unpaired) electrons. The molecular formula is C19H28ClN3O4S. The second kappa shape index (κ2) is 9.54. The quantitative estimate of drug-likeness (QED) is 0.741. The van der Waals surface area contributed by atoms with Crippen molar-refractivity contribution >= 4 is 27.5 Å². The van der Waals surface area contributed by atoms with Gasteiger partial charge in [0.1, 0.15) is 0 Å². The van der Waals surface area contributed by atoms with E-state index in [1.54, 1.807) is 0 Å². The van der Waals surface area contributed by atoms with Crippen LogP contribution in [0.2, 0.25) is 5.02 Å². The number of piperidine rings is 1. The molecule has 156 valence electrons. The fourth-order valence-electron chi connectivity index (χ4n) is 3.87. The summed E-state index contributed by atoms with van der Waals surface area (Å²) in [6.45, 7) is 4.02. The Morgan fingerprint density at radius 2 is 2.00 bits per heavy atom. The molecule has 2 atom stereocenters. The van der Waals surface area contributed by atoms with Crippen LogP contribution >= 0.6 is 11.6 Å². The molecule has 1 aromatic carbocycles. The van der Waals surface area contributed by atoms with Crippen molar-refractivity contribution < 1.29 is 17.9 Å². The Balaban J connectivity index is 1.67. The molecule has 1 amide bonds. The molecule has 0 aliphatic carbocycles. The molecule has 2 fully saturated rings. The summed E-state index contributed by atoms with van der Waals surface area (Å²) in [4.78, 5) is 15.0. The minimum atomic E-state index is -3.28. The number of hydrogen-bond acceptors (Lipinski definition) is 5. The number of halogens is 1. The Morgan fingerprint density at radius 3 is 2.68 bits per heavy atom. The van der Waals surface area contributed by atoms with E-state index in [1.807, 2.05) is 24.3 Å². The van der Waals surface area contributed by atoms with E-state index in [9.17, 15) is 13.2 Å².